The van der Waals surface area contributed by atoms with Crippen LogP contribution in [0.25, 0.3) is 0 Å². The van der Waals surface area contributed by atoms with Crippen molar-refractivity contribution >= 4 is 17.7 Å². The van der Waals surface area contributed by atoms with E-state index in [1.54, 1.807) is 0 Å². The Balaban J connectivity index is 2.62. The van der Waals surface area contributed by atoms with Gasteiger partial charge in [0.15, 0.2) is 0 Å². The van der Waals surface area contributed by atoms with Crippen molar-refractivity contribution in [2.75, 3.05) is 0 Å². The van der Waals surface area contributed by atoms with Gasteiger partial charge < -0.3 is 9.67 Å². The summed E-state index contributed by atoms with van der Waals surface area (Å²) in [5, 5.41) is 16.6. The number of carboxylic acids is 1. The fourth-order valence-corrected chi connectivity index (χ4v) is 2.40. The molecule has 1 heterocycles. The lowest BCUT2D eigenvalue weighted by Crippen LogP contribution is -2.22. The molecule has 1 unspecified atom stereocenters. The molecule has 1 aromatic rings. The first-order valence-electron chi connectivity index (χ1n) is 5.12. The molecule has 0 saturated carbocycles. The molecule has 1 atom stereocenters. The lowest BCUT2D eigenvalue weighted by molar-refractivity contribution is -0.137. The summed E-state index contributed by atoms with van der Waals surface area (Å²) in [5.41, 5.74) is 0. The number of carboxylic acid groups (broad SMARTS) is 1. The summed E-state index contributed by atoms with van der Waals surface area (Å²) in [6.45, 7) is 5.69. The van der Waals surface area contributed by atoms with Gasteiger partial charge in [-0.25, -0.2) is 0 Å². The zero-order valence-electron chi connectivity index (χ0n) is 9.97. The average molecular weight is 243 g/mol. The van der Waals surface area contributed by atoms with Gasteiger partial charge in [-0.05, 0) is 12.8 Å². The fraction of sp³-hybridized carbons (Fsp3) is 0.700. The molecular weight excluding hydrogens is 226 g/mol. The second-order valence-electron chi connectivity index (χ2n) is 4.04. The molecule has 0 radical (unpaired) electrons. The van der Waals surface area contributed by atoms with Crippen molar-refractivity contribution in [3.05, 3.63) is 11.6 Å². The highest BCUT2D eigenvalue weighted by molar-refractivity contribution is 7.99. The quantitative estimate of drug-likeness (QED) is 0.848. The molecule has 90 valence electrons. The molecule has 0 spiro atoms. The second-order valence-corrected chi connectivity index (χ2v) is 5.17. The van der Waals surface area contributed by atoms with Gasteiger partial charge in [-0.15, -0.1) is 22.0 Å². The van der Waals surface area contributed by atoms with E-state index < -0.39 is 11.2 Å². The summed E-state index contributed by atoms with van der Waals surface area (Å²) in [6.07, 6.45) is 0. The van der Waals surface area contributed by atoms with Crippen molar-refractivity contribution in [1.82, 2.24) is 14.8 Å². The first kappa shape index (κ1) is 13.0. The molecule has 0 aliphatic rings. The first-order chi connectivity index (χ1) is 7.43. The second kappa shape index (κ2) is 5.34. The number of nitrogens with zero attached hydrogens (tertiary/aromatic N) is 3. The summed E-state index contributed by atoms with van der Waals surface area (Å²) < 4.78 is 1.88. The van der Waals surface area contributed by atoms with E-state index in [0.29, 0.717) is 5.75 Å². The summed E-state index contributed by atoms with van der Waals surface area (Å²) >= 11 is 1.40. The van der Waals surface area contributed by atoms with Crippen molar-refractivity contribution < 1.29 is 9.90 Å². The molecule has 6 heteroatoms. The molecule has 0 fully saturated rings. The minimum atomic E-state index is -0.765. The van der Waals surface area contributed by atoms with Crippen molar-refractivity contribution in [2.24, 2.45) is 13.0 Å². The van der Waals surface area contributed by atoms with E-state index in [1.807, 2.05) is 32.4 Å². The van der Waals surface area contributed by atoms with Crippen LogP contribution in [0.5, 0.6) is 0 Å². The van der Waals surface area contributed by atoms with Crippen LogP contribution in [-0.4, -0.2) is 31.1 Å². The smallest absolute Gasteiger partial charge is 0.316 e. The van der Waals surface area contributed by atoms with Crippen molar-refractivity contribution in [2.45, 2.75) is 31.8 Å². The summed E-state index contributed by atoms with van der Waals surface area (Å²) in [6, 6.07) is 0. The lowest BCUT2D eigenvalue weighted by Gasteiger charge is -2.15. The Morgan fingerprint density at radius 2 is 2.12 bits per heavy atom. The van der Waals surface area contributed by atoms with Gasteiger partial charge in [0.1, 0.15) is 16.9 Å². The van der Waals surface area contributed by atoms with Gasteiger partial charge in [0, 0.05) is 7.05 Å². The number of hydrogen-bond acceptors (Lipinski definition) is 4. The molecule has 5 nitrogen and oxygen atoms in total. The molecular formula is C10H17N3O2S. The van der Waals surface area contributed by atoms with Crippen molar-refractivity contribution in [3.8, 4) is 0 Å². The zero-order valence-corrected chi connectivity index (χ0v) is 10.8. The van der Waals surface area contributed by atoms with Gasteiger partial charge in [0.2, 0.25) is 0 Å². The zero-order chi connectivity index (χ0) is 12.3. The third-order valence-electron chi connectivity index (χ3n) is 2.42. The maximum Gasteiger partial charge on any atom is 0.316 e. The Morgan fingerprint density at radius 3 is 2.50 bits per heavy atom. The van der Waals surface area contributed by atoms with Crippen LogP contribution in [0.3, 0.4) is 0 Å². The Morgan fingerprint density at radius 1 is 1.50 bits per heavy atom. The number of aliphatic carboxylic acids is 1. The largest absolute Gasteiger partial charge is 0.480 e. The molecule has 0 aliphatic carbocycles. The van der Waals surface area contributed by atoms with Crippen LogP contribution in [0.15, 0.2) is 0 Å². The van der Waals surface area contributed by atoms with E-state index >= 15 is 0 Å². The number of aryl methyl sites for hydroxylation is 1. The van der Waals surface area contributed by atoms with Gasteiger partial charge in [-0.3, -0.25) is 4.79 Å². The van der Waals surface area contributed by atoms with Gasteiger partial charge in [-0.1, -0.05) is 13.8 Å². The maximum absolute atomic E-state index is 11.0. The number of thioether (sulfide) groups is 1. The van der Waals surface area contributed by atoms with Crippen LogP contribution in [-0.2, 0) is 17.6 Å². The Hall–Kier alpha value is -1.04. The van der Waals surface area contributed by atoms with Crippen LogP contribution >= 0.6 is 11.8 Å². The van der Waals surface area contributed by atoms with E-state index in [2.05, 4.69) is 10.2 Å². The summed E-state index contributed by atoms with van der Waals surface area (Å²) in [7, 11) is 1.89. The number of hydrogen-bond donors (Lipinski definition) is 1. The molecule has 0 amide bonds. The predicted octanol–water partition coefficient (Wildman–Crippen LogP) is 1.47. The van der Waals surface area contributed by atoms with E-state index in [4.69, 9.17) is 5.11 Å². The van der Waals surface area contributed by atoms with Crippen LogP contribution in [0.2, 0.25) is 0 Å². The molecule has 0 saturated heterocycles. The topological polar surface area (TPSA) is 68.0 Å². The molecule has 0 bridgehead atoms. The van der Waals surface area contributed by atoms with E-state index in [0.717, 1.165) is 11.6 Å². The molecule has 16 heavy (non-hydrogen) atoms. The maximum atomic E-state index is 11.0. The van der Waals surface area contributed by atoms with Gasteiger partial charge in [-0.2, -0.15) is 0 Å². The lowest BCUT2D eigenvalue weighted by atomic mass is 10.1. The Kier molecular flexibility index (Phi) is 4.35. The van der Waals surface area contributed by atoms with Crippen LogP contribution in [0.4, 0.5) is 0 Å². The molecule has 1 rings (SSSR count). The van der Waals surface area contributed by atoms with E-state index in [1.165, 1.54) is 11.8 Å². The predicted molar refractivity (Wildman–Crippen MR) is 63.3 cm³/mol. The number of carbonyl (C=O) groups is 1. The molecule has 1 aromatic heterocycles. The van der Waals surface area contributed by atoms with E-state index in [9.17, 15) is 4.79 Å². The molecule has 0 aromatic carbocycles. The van der Waals surface area contributed by atoms with Crippen LogP contribution in [0, 0.1) is 12.8 Å². The van der Waals surface area contributed by atoms with Gasteiger partial charge >= 0.3 is 5.97 Å². The normalized spacial score (nSPS) is 13.1. The molecule has 1 N–H and O–H groups in total. The number of aromatic nitrogens is 3. The summed E-state index contributed by atoms with van der Waals surface area (Å²) in [4.78, 5) is 11.0. The van der Waals surface area contributed by atoms with Crippen LogP contribution in [0.1, 0.15) is 25.5 Å². The fourth-order valence-electron chi connectivity index (χ4n) is 1.29. The van der Waals surface area contributed by atoms with Crippen molar-refractivity contribution in [1.29, 1.82) is 0 Å². The summed E-state index contributed by atoms with van der Waals surface area (Å²) in [5.74, 6) is 1.57. The monoisotopic (exact) mass is 243 g/mol. The van der Waals surface area contributed by atoms with E-state index in [-0.39, 0.29) is 5.92 Å². The Bertz CT molecular complexity index is 376. The standard InChI is InChI=1S/C10H17N3O2S/c1-6(2)9(10(14)15)16-5-8-12-11-7(3)13(8)4/h6,9H,5H2,1-4H3,(H,14,15). The highest BCUT2D eigenvalue weighted by Crippen LogP contribution is 2.23. The third kappa shape index (κ3) is 2.98. The number of rotatable bonds is 5. The SMILES string of the molecule is Cc1nnc(CSC(C(=O)O)C(C)C)n1C. The first-order valence-corrected chi connectivity index (χ1v) is 6.17. The third-order valence-corrected chi connectivity index (χ3v) is 3.95. The molecule has 0 aliphatic heterocycles. The minimum Gasteiger partial charge on any atom is -0.480 e. The van der Waals surface area contributed by atoms with Crippen molar-refractivity contribution in [3.63, 3.8) is 0 Å². The minimum absolute atomic E-state index is 0.108. The van der Waals surface area contributed by atoms with Gasteiger partial charge in [0.25, 0.3) is 0 Å². The average Bonchev–Trinajstić information content (AvgIpc) is 2.48. The highest BCUT2D eigenvalue weighted by atomic mass is 32.2. The van der Waals surface area contributed by atoms with Crippen LogP contribution < -0.4 is 0 Å². The highest BCUT2D eigenvalue weighted by Gasteiger charge is 2.22. The Labute approximate surface area is 99.3 Å². The van der Waals surface area contributed by atoms with Gasteiger partial charge in [0.05, 0.1) is 5.75 Å².